The van der Waals surface area contributed by atoms with Crippen molar-refractivity contribution in [3.63, 3.8) is 0 Å². The number of aryl methyl sites for hydroxylation is 1. The number of hydrogen-bond donors (Lipinski definition) is 1. The number of hydrogen-bond acceptors (Lipinski definition) is 7. The number of halogens is 1. The predicted molar refractivity (Wildman–Crippen MR) is 128 cm³/mol. The van der Waals surface area contributed by atoms with Crippen molar-refractivity contribution in [3.05, 3.63) is 48.7 Å². The Morgan fingerprint density at radius 1 is 1.20 bits per heavy atom. The average molecular weight is 474 g/mol. The van der Waals surface area contributed by atoms with Gasteiger partial charge in [0, 0.05) is 43.5 Å². The molecule has 6 rings (SSSR count). The second kappa shape index (κ2) is 7.81. The molecule has 1 amide bonds. The summed E-state index contributed by atoms with van der Waals surface area (Å²) < 4.78 is 21.8. The Labute approximate surface area is 201 Å². The number of carbonyl (C=O) groups is 1. The van der Waals surface area contributed by atoms with Crippen LogP contribution in [0.1, 0.15) is 6.42 Å². The number of carbonyl (C=O) groups excluding carboxylic acids is 1. The monoisotopic (exact) mass is 473 g/mol. The number of amides is 1. The number of anilines is 1. The summed E-state index contributed by atoms with van der Waals surface area (Å²) in [5.41, 5.74) is 2.54. The third kappa shape index (κ3) is 3.44. The topological polar surface area (TPSA) is 98.1 Å². The van der Waals surface area contributed by atoms with Crippen LogP contribution in [-0.4, -0.2) is 62.8 Å². The molecule has 1 saturated carbocycles. The summed E-state index contributed by atoms with van der Waals surface area (Å²) in [5.74, 6) is 0.663. The second-order valence-electron chi connectivity index (χ2n) is 9.38. The third-order valence-electron chi connectivity index (χ3n) is 7.01. The largest absolute Gasteiger partial charge is 0.493 e. The summed E-state index contributed by atoms with van der Waals surface area (Å²) in [6.45, 7) is 1.66. The van der Waals surface area contributed by atoms with Gasteiger partial charge in [-0.05, 0) is 31.5 Å². The molecule has 4 aromatic rings. The quantitative estimate of drug-likeness (QED) is 0.476. The first-order chi connectivity index (χ1) is 16.9. The lowest BCUT2D eigenvalue weighted by Crippen LogP contribution is -2.31. The van der Waals surface area contributed by atoms with Gasteiger partial charge in [0.15, 0.2) is 11.6 Å². The predicted octanol–water partition coefficient (Wildman–Crippen LogP) is 3.13. The van der Waals surface area contributed by atoms with Crippen molar-refractivity contribution >= 4 is 22.8 Å². The van der Waals surface area contributed by atoms with E-state index in [-0.39, 0.29) is 17.1 Å². The highest BCUT2D eigenvalue weighted by Crippen LogP contribution is 2.58. The van der Waals surface area contributed by atoms with E-state index in [1.54, 1.807) is 42.2 Å². The minimum atomic E-state index is -0.381. The Bertz CT molecular complexity index is 1490. The van der Waals surface area contributed by atoms with Crippen LogP contribution in [-0.2, 0) is 11.8 Å². The highest BCUT2D eigenvalue weighted by Gasteiger charge is 2.64. The normalized spacial score (nSPS) is 21.2. The smallest absolute Gasteiger partial charge is 0.233 e. The molecular weight excluding hydrogens is 449 g/mol. The molecule has 178 valence electrons. The molecule has 0 radical (unpaired) electrons. The Morgan fingerprint density at radius 2 is 2.03 bits per heavy atom. The number of likely N-dealkylation sites (tertiary alicyclic amines) is 1. The number of rotatable bonds is 5. The standard InChI is InChI=1S/C25H24FN7O2/c1-32-10-14-9-25(14,12-32)24(34)30-23-19(35-3)8-18-22(29-23)21(28-13-27-18)16-11-33(2)31-20(16)15-6-4-5-7-17(15)26/h4-8,11,13-14H,9-10,12H2,1-3H3,(H,29,30,34)/t14-,25-/m1/s1. The van der Waals surface area contributed by atoms with Crippen LogP contribution in [0.5, 0.6) is 5.75 Å². The molecule has 1 aromatic carbocycles. The van der Waals surface area contributed by atoms with E-state index in [9.17, 15) is 9.18 Å². The number of nitrogens with zero attached hydrogens (tertiary/aromatic N) is 6. The van der Waals surface area contributed by atoms with E-state index in [4.69, 9.17) is 9.72 Å². The molecule has 1 saturated heterocycles. The van der Waals surface area contributed by atoms with E-state index in [2.05, 4.69) is 25.3 Å². The van der Waals surface area contributed by atoms with Gasteiger partial charge < -0.3 is 15.0 Å². The van der Waals surface area contributed by atoms with Crippen molar-refractivity contribution in [2.24, 2.45) is 18.4 Å². The highest BCUT2D eigenvalue weighted by atomic mass is 19.1. The SMILES string of the molecule is COc1cc2ncnc(-c3cn(C)nc3-c3ccccc3F)c2nc1NC(=O)[C@@]12C[C@@H]1CN(C)C2. The molecule has 35 heavy (non-hydrogen) atoms. The van der Waals surface area contributed by atoms with Crippen LogP contribution in [0.4, 0.5) is 10.2 Å². The zero-order chi connectivity index (χ0) is 24.3. The summed E-state index contributed by atoms with van der Waals surface area (Å²) >= 11 is 0. The van der Waals surface area contributed by atoms with E-state index < -0.39 is 0 Å². The van der Waals surface area contributed by atoms with Crippen molar-refractivity contribution < 1.29 is 13.9 Å². The van der Waals surface area contributed by atoms with Gasteiger partial charge in [-0.25, -0.2) is 19.3 Å². The van der Waals surface area contributed by atoms with Gasteiger partial charge in [-0.2, -0.15) is 5.10 Å². The highest BCUT2D eigenvalue weighted by molar-refractivity contribution is 6.01. The van der Waals surface area contributed by atoms with Crippen LogP contribution < -0.4 is 10.1 Å². The lowest BCUT2D eigenvalue weighted by Gasteiger charge is -2.17. The molecule has 2 aliphatic rings. The molecule has 1 N–H and O–H groups in total. The van der Waals surface area contributed by atoms with Crippen molar-refractivity contribution in [2.75, 3.05) is 32.6 Å². The minimum Gasteiger partial charge on any atom is -0.493 e. The first-order valence-corrected chi connectivity index (χ1v) is 11.4. The van der Waals surface area contributed by atoms with Crippen LogP contribution in [0.15, 0.2) is 42.9 Å². The maximum absolute atomic E-state index is 14.7. The molecule has 1 aliphatic carbocycles. The number of methoxy groups -OCH3 is 1. The molecule has 2 fully saturated rings. The van der Waals surface area contributed by atoms with Gasteiger partial charge in [-0.15, -0.1) is 0 Å². The minimum absolute atomic E-state index is 0.0520. The third-order valence-corrected chi connectivity index (χ3v) is 7.01. The summed E-state index contributed by atoms with van der Waals surface area (Å²) in [5, 5.41) is 7.49. The maximum Gasteiger partial charge on any atom is 0.233 e. The molecule has 2 atom stereocenters. The summed E-state index contributed by atoms with van der Waals surface area (Å²) in [6.07, 6.45) is 4.09. The van der Waals surface area contributed by atoms with Crippen molar-refractivity contribution in [2.45, 2.75) is 6.42 Å². The summed E-state index contributed by atoms with van der Waals surface area (Å²) in [6, 6.07) is 8.20. The van der Waals surface area contributed by atoms with Gasteiger partial charge >= 0.3 is 0 Å². The van der Waals surface area contributed by atoms with Gasteiger partial charge in [0.05, 0.1) is 18.0 Å². The number of fused-ring (bicyclic) bond motifs is 2. The number of pyridine rings is 1. The Balaban J connectivity index is 1.46. The summed E-state index contributed by atoms with van der Waals surface area (Å²) in [4.78, 5) is 29.0. The van der Waals surface area contributed by atoms with Crippen LogP contribution in [0.2, 0.25) is 0 Å². The van der Waals surface area contributed by atoms with Crippen molar-refractivity contribution in [1.82, 2.24) is 29.6 Å². The molecule has 4 heterocycles. The second-order valence-corrected chi connectivity index (χ2v) is 9.38. The number of benzene rings is 1. The zero-order valence-corrected chi connectivity index (χ0v) is 19.6. The van der Waals surface area contributed by atoms with Crippen molar-refractivity contribution in [3.8, 4) is 28.3 Å². The molecule has 0 spiro atoms. The maximum atomic E-state index is 14.7. The van der Waals surface area contributed by atoms with Gasteiger partial charge in [0.1, 0.15) is 29.0 Å². The zero-order valence-electron chi connectivity index (χ0n) is 19.6. The number of piperidine rings is 1. The molecule has 0 unspecified atom stereocenters. The molecule has 10 heteroatoms. The number of aromatic nitrogens is 5. The first kappa shape index (κ1) is 21.6. The lowest BCUT2D eigenvalue weighted by atomic mass is 10.0. The number of nitrogens with one attached hydrogen (secondary N) is 1. The van der Waals surface area contributed by atoms with Crippen LogP contribution in [0, 0.1) is 17.2 Å². The fourth-order valence-electron chi connectivity index (χ4n) is 5.24. The van der Waals surface area contributed by atoms with E-state index in [1.165, 1.54) is 19.5 Å². The molecule has 0 bridgehead atoms. The first-order valence-electron chi connectivity index (χ1n) is 11.4. The van der Waals surface area contributed by atoms with Crippen molar-refractivity contribution in [1.29, 1.82) is 0 Å². The van der Waals surface area contributed by atoms with E-state index in [1.807, 2.05) is 7.05 Å². The molecular formula is C25H24FN7O2. The van der Waals surface area contributed by atoms with E-state index in [0.29, 0.717) is 51.0 Å². The fourth-order valence-corrected chi connectivity index (χ4v) is 5.24. The lowest BCUT2D eigenvalue weighted by molar-refractivity contribution is -0.121. The molecule has 3 aromatic heterocycles. The molecule has 9 nitrogen and oxygen atoms in total. The number of ether oxygens (including phenoxy) is 1. The van der Waals surface area contributed by atoms with E-state index in [0.717, 1.165) is 19.5 Å². The van der Waals surface area contributed by atoms with Gasteiger partial charge in [0.2, 0.25) is 5.91 Å². The average Bonchev–Trinajstić information content (AvgIpc) is 3.21. The van der Waals surface area contributed by atoms with Crippen LogP contribution >= 0.6 is 0 Å². The fraction of sp³-hybridized carbons (Fsp3) is 0.320. The summed E-state index contributed by atoms with van der Waals surface area (Å²) in [7, 11) is 5.32. The van der Waals surface area contributed by atoms with E-state index >= 15 is 0 Å². The van der Waals surface area contributed by atoms with Crippen LogP contribution in [0.25, 0.3) is 33.5 Å². The van der Waals surface area contributed by atoms with Gasteiger partial charge in [-0.3, -0.25) is 9.48 Å². The Kier molecular flexibility index (Phi) is 4.82. The molecule has 1 aliphatic heterocycles. The Hall–Kier alpha value is -3.92. The van der Waals surface area contributed by atoms with Crippen LogP contribution in [0.3, 0.4) is 0 Å². The van der Waals surface area contributed by atoms with Gasteiger partial charge in [0.25, 0.3) is 0 Å². The van der Waals surface area contributed by atoms with Gasteiger partial charge in [-0.1, -0.05) is 12.1 Å². The Morgan fingerprint density at radius 3 is 2.77 bits per heavy atom.